The normalized spacial score (nSPS) is 11.5. The van der Waals surface area contributed by atoms with E-state index in [4.69, 9.17) is 37.9 Å². The number of unbranched alkanes of at least 4 members (excludes halogenated alkanes) is 10. The highest BCUT2D eigenvalue weighted by Crippen LogP contribution is 2.08. The van der Waals surface area contributed by atoms with Crippen molar-refractivity contribution >= 4 is 0 Å². The Morgan fingerprint density at radius 1 is 0.211 bits per heavy atom. The van der Waals surface area contributed by atoms with Crippen LogP contribution in [0.1, 0.15) is 90.9 Å². The monoisotopic (exact) mass is 550 g/mol. The summed E-state index contributed by atoms with van der Waals surface area (Å²) in [6.07, 6.45) is 15.5. The summed E-state index contributed by atoms with van der Waals surface area (Å²) < 4.78 is 44.1. The first-order chi connectivity index (χ1) is 18.9. The lowest BCUT2D eigenvalue weighted by atomic mass is 10.1. The molecule has 0 heterocycles. The van der Waals surface area contributed by atoms with Crippen molar-refractivity contribution in [1.82, 2.24) is 0 Å². The average Bonchev–Trinajstić information content (AvgIpc) is 2.93. The molecule has 230 valence electrons. The maximum absolute atomic E-state index is 5.62. The molecule has 0 bridgehead atoms. The molecule has 0 aliphatic carbocycles. The lowest BCUT2D eigenvalue weighted by molar-refractivity contribution is -0.0232. The van der Waals surface area contributed by atoms with Crippen LogP contribution in [-0.2, 0) is 37.9 Å². The molecule has 0 atom stereocenters. The van der Waals surface area contributed by atoms with Crippen molar-refractivity contribution in [2.75, 3.05) is 106 Å². The van der Waals surface area contributed by atoms with Gasteiger partial charge in [-0.25, -0.2) is 0 Å². The number of hydrogen-bond acceptors (Lipinski definition) is 8. The molecule has 0 aliphatic rings. The van der Waals surface area contributed by atoms with Crippen LogP contribution in [-0.4, -0.2) is 106 Å². The van der Waals surface area contributed by atoms with Gasteiger partial charge in [0.05, 0.1) is 92.5 Å². The fourth-order valence-corrected chi connectivity index (χ4v) is 3.61. The molecule has 0 aromatic carbocycles. The zero-order chi connectivity index (χ0) is 27.5. The summed E-state index contributed by atoms with van der Waals surface area (Å²) in [5.74, 6) is 0. The molecule has 0 saturated carbocycles. The van der Waals surface area contributed by atoms with Crippen molar-refractivity contribution in [1.29, 1.82) is 0 Å². The van der Waals surface area contributed by atoms with Crippen LogP contribution >= 0.6 is 0 Å². The van der Waals surface area contributed by atoms with Crippen LogP contribution in [0.25, 0.3) is 0 Å². The SMILES string of the molecule is CCCCCCCCCCOCCOCCOCCOCCOCCOCCOCCOCCCCCC. The topological polar surface area (TPSA) is 73.8 Å². The van der Waals surface area contributed by atoms with E-state index in [1.807, 2.05) is 0 Å². The Balaban J connectivity index is 3.01. The van der Waals surface area contributed by atoms with Gasteiger partial charge >= 0.3 is 0 Å². The smallest absolute Gasteiger partial charge is 0.0701 e. The molecule has 0 N–H and O–H groups in total. The van der Waals surface area contributed by atoms with Gasteiger partial charge in [-0.3, -0.25) is 0 Å². The van der Waals surface area contributed by atoms with Gasteiger partial charge in [-0.2, -0.15) is 0 Å². The summed E-state index contributed by atoms with van der Waals surface area (Å²) in [4.78, 5) is 0. The number of rotatable bonds is 35. The van der Waals surface area contributed by atoms with Gasteiger partial charge in [0.15, 0.2) is 0 Å². The molecule has 0 aromatic heterocycles. The lowest BCUT2D eigenvalue weighted by Crippen LogP contribution is -2.15. The molecule has 0 fully saturated rings. The standard InChI is InChI=1S/C30H62O8/c1-3-5-7-9-10-11-12-14-16-32-18-20-34-22-24-36-26-28-38-30-29-37-27-25-35-23-21-33-19-17-31-15-13-8-6-4-2/h3-30H2,1-2H3. The fourth-order valence-electron chi connectivity index (χ4n) is 3.61. The molecule has 0 aliphatic heterocycles. The third-order valence-corrected chi connectivity index (χ3v) is 5.89. The van der Waals surface area contributed by atoms with Crippen molar-refractivity contribution in [2.45, 2.75) is 90.9 Å². The van der Waals surface area contributed by atoms with Gasteiger partial charge in [0.1, 0.15) is 0 Å². The van der Waals surface area contributed by atoms with Crippen LogP contribution in [0, 0.1) is 0 Å². The van der Waals surface area contributed by atoms with Crippen molar-refractivity contribution < 1.29 is 37.9 Å². The highest BCUT2D eigenvalue weighted by atomic mass is 16.6. The van der Waals surface area contributed by atoms with Gasteiger partial charge in [0, 0.05) is 13.2 Å². The third-order valence-electron chi connectivity index (χ3n) is 5.89. The summed E-state index contributed by atoms with van der Waals surface area (Å²) in [7, 11) is 0. The van der Waals surface area contributed by atoms with E-state index in [9.17, 15) is 0 Å². The Morgan fingerprint density at radius 2 is 0.395 bits per heavy atom. The highest BCUT2D eigenvalue weighted by molar-refractivity contribution is 4.46. The van der Waals surface area contributed by atoms with E-state index in [0.29, 0.717) is 92.5 Å². The number of hydrogen-bond donors (Lipinski definition) is 0. The molecular formula is C30H62O8. The minimum absolute atomic E-state index is 0.553. The van der Waals surface area contributed by atoms with Gasteiger partial charge in [-0.05, 0) is 12.8 Å². The summed E-state index contributed by atoms with van der Waals surface area (Å²) >= 11 is 0. The van der Waals surface area contributed by atoms with Crippen molar-refractivity contribution in [2.24, 2.45) is 0 Å². The molecule has 0 amide bonds. The van der Waals surface area contributed by atoms with Gasteiger partial charge in [0.25, 0.3) is 0 Å². The zero-order valence-corrected chi connectivity index (χ0v) is 25.1. The molecule has 0 spiro atoms. The van der Waals surface area contributed by atoms with Crippen molar-refractivity contribution in [3.05, 3.63) is 0 Å². The second-order valence-electron chi connectivity index (χ2n) is 9.43. The van der Waals surface area contributed by atoms with Gasteiger partial charge in [0.2, 0.25) is 0 Å². The second-order valence-corrected chi connectivity index (χ2v) is 9.43. The molecule has 0 radical (unpaired) electrons. The van der Waals surface area contributed by atoms with E-state index >= 15 is 0 Å². The van der Waals surface area contributed by atoms with E-state index in [2.05, 4.69) is 13.8 Å². The first-order valence-corrected chi connectivity index (χ1v) is 15.5. The predicted octanol–water partition coefficient (Wildman–Crippen LogP) is 5.84. The van der Waals surface area contributed by atoms with E-state index in [1.165, 1.54) is 64.2 Å². The Morgan fingerprint density at radius 3 is 0.658 bits per heavy atom. The van der Waals surface area contributed by atoms with Crippen LogP contribution in [0.15, 0.2) is 0 Å². The van der Waals surface area contributed by atoms with Crippen LogP contribution < -0.4 is 0 Å². The summed E-state index contributed by atoms with van der Waals surface area (Å²) in [6.45, 7) is 14.4. The summed E-state index contributed by atoms with van der Waals surface area (Å²) in [6, 6.07) is 0. The number of ether oxygens (including phenoxy) is 8. The Hall–Kier alpha value is -0.320. The summed E-state index contributed by atoms with van der Waals surface area (Å²) in [5, 5.41) is 0. The largest absolute Gasteiger partial charge is 0.379 e. The lowest BCUT2D eigenvalue weighted by Gasteiger charge is -2.09. The molecule has 8 nitrogen and oxygen atoms in total. The van der Waals surface area contributed by atoms with Gasteiger partial charge in [-0.15, -0.1) is 0 Å². The molecule has 8 heteroatoms. The van der Waals surface area contributed by atoms with Crippen molar-refractivity contribution in [3.8, 4) is 0 Å². The Labute approximate surface area is 234 Å². The van der Waals surface area contributed by atoms with Crippen molar-refractivity contribution in [3.63, 3.8) is 0 Å². The Kier molecular flexibility index (Phi) is 36.4. The molecule has 0 saturated heterocycles. The summed E-state index contributed by atoms with van der Waals surface area (Å²) in [5.41, 5.74) is 0. The predicted molar refractivity (Wildman–Crippen MR) is 153 cm³/mol. The molecule has 0 unspecified atom stereocenters. The maximum atomic E-state index is 5.62. The van der Waals surface area contributed by atoms with Crippen LogP contribution in [0.3, 0.4) is 0 Å². The van der Waals surface area contributed by atoms with E-state index in [1.54, 1.807) is 0 Å². The molecule has 0 aromatic rings. The zero-order valence-electron chi connectivity index (χ0n) is 25.1. The third kappa shape index (κ3) is 35.7. The van der Waals surface area contributed by atoms with Crippen LogP contribution in [0.4, 0.5) is 0 Å². The average molecular weight is 551 g/mol. The maximum Gasteiger partial charge on any atom is 0.0701 e. The first-order valence-electron chi connectivity index (χ1n) is 15.5. The second kappa shape index (κ2) is 36.7. The quantitative estimate of drug-likeness (QED) is 0.0912. The minimum atomic E-state index is 0.553. The van der Waals surface area contributed by atoms with E-state index in [0.717, 1.165) is 26.1 Å². The molecule has 38 heavy (non-hydrogen) atoms. The van der Waals surface area contributed by atoms with E-state index < -0.39 is 0 Å². The fraction of sp³-hybridized carbons (Fsp3) is 1.00. The van der Waals surface area contributed by atoms with Gasteiger partial charge in [-0.1, -0.05) is 78.1 Å². The Bertz CT molecular complexity index is 364. The van der Waals surface area contributed by atoms with E-state index in [-0.39, 0.29) is 0 Å². The van der Waals surface area contributed by atoms with Crippen LogP contribution in [0.5, 0.6) is 0 Å². The van der Waals surface area contributed by atoms with Crippen LogP contribution in [0.2, 0.25) is 0 Å². The van der Waals surface area contributed by atoms with Gasteiger partial charge < -0.3 is 37.9 Å². The molecular weight excluding hydrogens is 488 g/mol. The minimum Gasteiger partial charge on any atom is -0.379 e. The molecule has 0 rings (SSSR count). The highest BCUT2D eigenvalue weighted by Gasteiger charge is 1.96. The first kappa shape index (κ1) is 37.7.